The largest absolute Gasteiger partial charge is 0.390 e. The first-order chi connectivity index (χ1) is 6.95. The lowest BCUT2D eigenvalue weighted by Crippen LogP contribution is -2.62. The highest BCUT2D eigenvalue weighted by molar-refractivity contribution is 5.14. The Kier molecular flexibility index (Phi) is 1.87. The quantitative estimate of drug-likeness (QED) is 0.641. The van der Waals surface area contributed by atoms with Crippen molar-refractivity contribution in [3.63, 3.8) is 0 Å². The van der Waals surface area contributed by atoms with E-state index in [0.717, 1.165) is 25.7 Å². The Balaban J connectivity index is 2.07. The van der Waals surface area contributed by atoms with E-state index in [4.69, 9.17) is 0 Å². The fourth-order valence-electron chi connectivity index (χ4n) is 5.07. The van der Waals surface area contributed by atoms with Gasteiger partial charge >= 0.3 is 0 Å². The molecule has 3 fully saturated rings. The Labute approximate surface area is 91.7 Å². The van der Waals surface area contributed by atoms with Crippen molar-refractivity contribution in [3.05, 3.63) is 0 Å². The van der Waals surface area contributed by atoms with Crippen LogP contribution in [0.4, 0.5) is 0 Å². The number of fused-ring (bicyclic) bond motifs is 6. The van der Waals surface area contributed by atoms with Gasteiger partial charge in [0.05, 0.1) is 11.2 Å². The monoisotopic (exact) mass is 210 g/mol. The van der Waals surface area contributed by atoms with E-state index < -0.39 is 11.2 Å². The van der Waals surface area contributed by atoms with Crippen molar-refractivity contribution >= 4 is 0 Å². The standard InChI is InChI=1S/C13H22O2/c1-12(14)8-4-3-5-9(12)11-7-6-10(8)13(11,2)15/h8-11,14-15H,3-7H2,1-2H3. The van der Waals surface area contributed by atoms with E-state index in [2.05, 4.69) is 0 Å². The van der Waals surface area contributed by atoms with Gasteiger partial charge in [0.15, 0.2) is 0 Å². The van der Waals surface area contributed by atoms with E-state index in [9.17, 15) is 10.2 Å². The normalized spacial score (nSPS) is 63.2. The molecule has 86 valence electrons. The van der Waals surface area contributed by atoms with Gasteiger partial charge in [-0.2, -0.15) is 0 Å². The Morgan fingerprint density at radius 1 is 0.733 bits per heavy atom. The minimum Gasteiger partial charge on any atom is -0.390 e. The first-order valence-corrected chi connectivity index (χ1v) is 6.40. The molecule has 0 aromatic carbocycles. The second-order valence-corrected chi connectivity index (χ2v) is 6.39. The maximum Gasteiger partial charge on any atom is 0.0683 e. The van der Waals surface area contributed by atoms with Crippen LogP contribution in [0.3, 0.4) is 0 Å². The van der Waals surface area contributed by atoms with E-state index in [1.54, 1.807) is 0 Å². The molecule has 4 bridgehead atoms. The van der Waals surface area contributed by atoms with Crippen molar-refractivity contribution in [2.75, 3.05) is 0 Å². The van der Waals surface area contributed by atoms with E-state index >= 15 is 0 Å². The number of aliphatic hydroxyl groups is 2. The van der Waals surface area contributed by atoms with E-state index in [-0.39, 0.29) is 0 Å². The Bertz CT molecular complexity index is 258. The van der Waals surface area contributed by atoms with Gasteiger partial charge in [0.2, 0.25) is 0 Å². The third-order valence-corrected chi connectivity index (χ3v) is 5.79. The van der Waals surface area contributed by atoms with Crippen LogP contribution in [0.2, 0.25) is 0 Å². The van der Waals surface area contributed by atoms with Crippen molar-refractivity contribution in [1.29, 1.82) is 0 Å². The summed E-state index contributed by atoms with van der Waals surface area (Å²) in [5.41, 5.74) is -1.01. The Morgan fingerprint density at radius 2 is 1.07 bits per heavy atom. The molecule has 15 heavy (non-hydrogen) atoms. The van der Waals surface area contributed by atoms with Gasteiger partial charge in [-0.05, 0) is 63.2 Å². The molecule has 3 aliphatic rings. The van der Waals surface area contributed by atoms with E-state index in [1.165, 1.54) is 6.42 Å². The van der Waals surface area contributed by atoms with Crippen LogP contribution >= 0.6 is 0 Å². The lowest BCUT2D eigenvalue weighted by atomic mass is 9.52. The summed E-state index contributed by atoms with van der Waals surface area (Å²) >= 11 is 0. The molecule has 0 aliphatic heterocycles. The molecular weight excluding hydrogens is 188 g/mol. The number of hydrogen-bond acceptors (Lipinski definition) is 2. The summed E-state index contributed by atoms with van der Waals surface area (Å²) < 4.78 is 0. The zero-order valence-electron chi connectivity index (χ0n) is 9.74. The van der Waals surface area contributed by atoms with Crippen LogP contribution in [0.1, 0.15) is 46.0 Å². The van der Waals surface area contributed by atoms with Crippen LogP contribution in [-0.4, -0.2) is 21.4 Å². The molecular formula is C13H22O2. The van der Waals surface area contributed by atoms with Gasteiger partial charge in [0, 0.05) is 0 Å². The highest BCUT2D eigenvalue weighted by Gasteiger charge is 2.64. The Hall–Kier alpha value is -0.0800. The summed E-state index contributed by atoms with van der Waals surface area (Å²) in [7, 11) is 0. The van der Waals surface area contributed by atoms with Crippen LogP contribution in [0, 0.1) is 23.7 Å². The fraction of sp³-hybridized carbons (Fsp3) is 1.00. The van der Waals surface area contributed by atoms with Gasteiger partial charge in [-0.25, -0.2) is 0 Å². The predicted molar refractivity (Wildman–Crippen MR) is 58.3 cm³/mol. The summed E-state index contributed by atoms with van der Waals surface area (Å²) in [6.45, 7) is 4.03. The maximum atomic E-state index is 10.7. The Morgan fingerprint density at radius 3 is 1.47 bits per heavy atom. The molecule has 0 aromatic heterocycles. The van der Waals surface area contributed by atoms with Crippen LogP contribution in [0.5, 0.6) is 0 Å². The number of hydrogen-bond donors (Lipinski definition) is 2. The molecule has 4 unspecified atom stereocenters. The minimum atomic E-state index is -0.508. The lowest BCUT2D eigenvalue weighted by Gasteiger charge is -2.57. The average molecular weight is 210 g/mol. The molecule has 0 heterocycles. The smallest absolute Gasteiger partial charge is 0.0683 e. The molecule has 0 radical (unpaired) electrons. The first kappa shape index (κ1) is 10.1. The van der Waals surface area contributed by atoms with Crippen molar-refractivity contribution < 1.29 is 10.2 Å². The molecule has 3 rings (SSSR count). The summed E-state index contributed by atoms with van der Waals surface area (Å²) in [4.78, 5) is 0. The van der Waals surface area contributed by atoms with Crippen LogP contribution in [-0.2, 0) is 0 Å². The fourth-order valence-corrected chi connectivity index (χ4v) is 5.07. The van der Waals surface area contributed by atoms with Gasteiger partial charge in [-0.15, -0.1) is 0 Å². The zero-order valence-corrected chi connectivity index (χ0v) is 9.74. The molecule has 3 saturated carbocycles. The summed E-state index contributed by atoms with van der Waals surface area (Å²) in [5, 5.41) is 21.3. The van der Waals surface area contributed by atoms with Gasteiger partial charge in [-0.3, -0.25) is 0 Å². The summed E-state index contributed by atoms with van der Waals surface area (Å²) in [6.07, 6.45) is 5.70. The second-order valence-electron chi connectivity index (χ2n) is 6.39. The molecule has 0 spiro atoms. The van der Waals surface area contributed by atoms with Crippen LogP contribution in [0.15, 0.2) is 0 Å². The SMILES string of the molecule is CC1(O)C2CCCC1C1CCC2C1(C)O. The predicted octanol–water partition coefficient (Wildman–Crippen LogP) is 1.94. The van der Waals surface area contributed by atoms with E-state index in [0.29, 0.717) is 23.7 Å². The van der Waals surface area contributed by atoms with Crippen molar-refractivity contribution in [1.82, 2.24) is 0 Å². The lowest BCUT2D eigenvalue weighted by molar-refractivity contribution is -0.208. The average Bonchev–Trinajstić information content (AvgIpc) is 2.41. The highest BCUT2D eigenvalue weighted by atomic mass is 16.3. The highest BCUT2D eigenvalue weighted by Crippen LogP contribution is 2.62. The van der Waals surface area contributed by atoms with E-state index in [1.807, 2.05) is 13.8 Å². The van der Waals surface area contributed by atoms with Gasteiger partial charge in [-0.1, -0.05) is 6.42 Å². The number of rotatable bonds is 0. The van der Waals surface area contributed by atoms with Gasteiger partial charge < -0.3 is 10.2 Å². The molecule has 0 amide bonds. The van der Waals surface area contributed by atoms with Crippen molar-refractivity contribution in [2.24, 2.45) is 23.7 Å². The maximum absolute atomic E-state index is 10.7. The van der Waals surface area contributed by atoms with Crippen LogP contribution < -0.4 is 0 Å². The third kappa shape index (κ3) is 1.07. The van der Waals surface area contributed by atoms with Crippen molar-refractivity contribution in [3.8, 4) is 0 Å². The minimum absolute atomic E-state index is 0.338. The first-order valence-electron chi connectivity index (χ1n) is 6.40. The zero-order chi connectivity index (χ0) is 10.8. The van der Waals surface area contributed by atoms with Gasteiger partial charge in [0.25, 0.3) is 0 Å². The molecule has 0 aromatic rings. The molecule has 4 atom stereocenters. The van der Waals surface area contributed by atoms with Gasteiger partial charge in [0.1, 0.15) is 0 Å². The molecule has 2 nitrogen and oxygen atoms in total. The summed E-state index contributed by atoms with van der Waals surface area (Å²) in [6, 6.07) is 0. The van der Waals surface area contributed by atoms with Crippen molar-refractivity contribution in [2.45, 2.75) is 57.2 Å². The molecule has 2 heteroatoms. The molecule has 3 aliphatic carbocycles. The third-order valence-electron chi connectivity index (χ3n) is 5.79. The topological polar surface area (TPSA) is 40.5 Å². The molecule has 0 saturated heterocycles. The van der Waals surface area contributed by atoms with Crippen LogP contribution in [0.25, 0.3) is 0 Å². The molecule has 2 N–H and O–H groups in total. The summed E-state index contributed by atoms with van der Waals surface area (Å²) in [5.74, 6) is 1.36. The second kappa shape index (κ2) is 2.78.